The minimum absolute atomic E-state index is 0.0510. The highest BCUT2D eigenvalue weighted by molar-refractivity contribution is 5.68. The summed E-state index contributed by atoms with van der Waals surface area (Å²) in [5, 5.41) is 12.3. The fraction of sp³-hybridized carbons (Fsp3) is 0.875. The van der Waals surface area contributed by atoms with E-state index >= 15 is 0 Å². The highest BCUT2D eigenvalue weighted by Crippen LogP contribution is 2.11. The van der Waals surface area contributed by atoms with Crippen LogP contribution in [0.25, 0.3) is 0 Å². The van der Waals surface area contributed by atoms with E-state index in [1.165, 1.54) is 4.90 Å². The fourth-order valence-corrected chi connectivity index (χ4v) is 1.69. The lowest BCUT2D eigenvalue weighted by atomic mass is 10.2. The first-order chi connectivity index (χ1) is 10.8. The average Bonchev–Trinajstić information content (AvgIpc) is 2.37. The summed E-state index contributed by atoms with van der Waals surface area (Å²) in [6.07, 6.45) is -1.35. The summed E-state index contributed by atoms with van der Waals surface area (Å²) in [6, 6.07) is 0. The quantitative estimate of drug-likeness (QED) is 0.601. The zero-order valence-electron chi connectivity index (χ0n) is 15.7. The van der Waals surface area contributed by atoms with Crippen molar-refractivity contribution in [3.8, 4) is 0 Å². The van der Waals surface area contributed by atoms with E-state index in [0.717, 1.165) is 0 Å². The van der Waals surface area contributed by atoms with E-state index < -0.39 is 29.5 Å². The van der Waals surface area contributed by atoms with E-state index in [1.807, 2.05) is 0 Å². The second kappa shape index (κ2) is 9.68. The van der Waals surface area contributed by atoms with Crippen molar-refractivity contribution >= 4 is 12.2 Å². The summed E-state index contributed by atoms with van der Waals surface area (Å²) in [4.78, 5) is 25.1. The summed E-state index contributed by atoms with van der Waals surface area (Å²) >= 11 is 0. The monoisotopic (exact) mass is 347 g/mol. The van der Waals surface area contributed by atoms with Crippen LogP contribution in [0.2, 0.25) is 0 Å². The van der Waals surface area contributed by atoms with Crippen LogP contribution in [-0.4, -0.2) is 65.7 Å². The van der Waals surface area contributed by atoms with Crippen molar-refractivity contribution in [1.29, 1.82) is 0 Å². The van der Waals surface area contributed by atoms with Gasteiger partial charge in [0, 0.05) is 19.6 Å². The molecule has 0 spiro atoms. The van der Waals surface area contributed by atoms with Crippen LogP contribution in [0.5, 0.6) is 0 Å². The Morgan fingerprint density at radius 1 is 1.12 bits per heavy atom. The number of carbonyl (C=O) groups excluding carboxylic acids is 2. The summed E-state index contributed by atoms with van der Waals surface area (Å²) in [5.74, 6) is 0. The van der Waals surface area contributed by atoms with Crippen LogP contribution in [-0.2, 0) is 9.47 Å². The second-order valence-corrected chi connectivity index (χ2v) is 7.60. The average molecular weight is 347 g/mol. The van der Waals surface area contributed by atoms with E-state index in [9.17, 15) is 14.7 Å². The Balaban J connectivity index is 4.41. The van der Waals surface area contributed by atoms with E-state index in [1.54, 1.807) is 41.5 Å². The number of nitrogens with one attached hydrogen (secondary N) is 1. The van der Waals surface area contributed by atoms with Gasteiger partial charge in [0.25, 0.3) is 0 Å². The predicted molar refractivity (Wildman–Crippen MR) is 91.7 cm³/mol. The first-order valence-corrected chi connectivity index (χ1v) is 8.17. The van der Waals surface area contributed by atoms with Gasteiger partial charge in [0.1, 0.15) is 11.2 Å². The Morgan fingerprint density at radius 3 is 2.12 bits per heavy atom. The molecule has 2 amide bonds. The zero-order valence-corrected chi connectivity index (χ0v) is 15.7. The Bertz CT molecular complexity index is 401. The molecule has 0 fully saturated rings. The maximum atomic E-state index is 12.2. The third-order valence-corrected chi connectivity index (χ3v) is 2.63. The summed E-state index contributed by atoms with van der Waals surface area (Å²) in [5.41, 5.74) is 4.21. The van der Waals surface area contributed by atoms with Crippen molar-refractivity contribution in [1.82, 2.24) is 10.2 Å². The summed E-state index contributed by atoms with van der Waals surface area (Å²) < 4.78 is 10.4. The van der Waals surface area contributed by atoms with Crippen LogP contribution in [0, 0.1) is 0 Å². The number of aliphatic hydroxyl groups excluding tert-OH is 1. The zero-order chi connectivity index (χ0) is 19.0. The third-order valence-electron chi connectivity index (χ3n) is 2.63. The van der Waals surface area contributed by atoms with Gasteiger partial charge in [-0.25, -0.2) is 9.59 Å². The topological polar surface area (TPSA) is 114 Å². The summed E-state index contributed by atoms with van der Waals surface area (Å²) in [6.45, 7) is 11.5. The Morgan fingerprint density at radius 2 is 1.67 bits per heavy atom. The Kier molecular flexibility index (Phi) is 9.06. The van der Waals surface area contributed by atoms with Crippen LogP contribution in [0.1, 0.15) is 48.0 Å². The van der Waals surface area contributed by atoms with Crippen molar-refractivity contribution in [2.24, 2.45) is 5.73 Å². The van der Waals surface area contributed by atoms with E-state index in [0.29, 0.717) is 19.5 Å². The lowest BCUT2D eigenvalue weighted by Gasteiger charge is -2.28. The van der Waals surface area contributed by atoms with Crippen LogP contribution < -0.4 is 11.1 Å². The number of nitrogens with zero attached hydrogens (tertiary/aromatic N) is 1. The van der Waals surface area contributed by atoms with Gasteiger partial charge in [-0.3, -0.25) is 0 Å². The smallest absolute Gasteiger partial charge is 0.410 e. The molecular weight excluding hydrogens is 314 g/mol. The van der Waals surface area contributed by atoms with Gasteiger partial charge in [0.2, 0.25) is 0 Å². The van der Waals surface area contributed by atoms with Crippen LogP contribution in [0.3, 0.4) is 0 Å². The molecule has 0 aliphatic rings. The molecule has 0 aromatic rings. The molecular formula is C16H33N3O5. The molecule has 0 aromatic carbocycles. The number of carbonyl (C=O) groups is 2. The SMILES string of the molecule is CC(C)(C)OC(=O)NCCCN(C[C@@H](O)CN)C(=O)OC(C)(C)C. The molecule has 4 N–H and O–H groups in total. The first-order valence-electron chi connectivity index (χ1n) is 8.17. The first kappa shape index (κ1) is 22.5. The predicted octanol–water partition coefficient (Wildman–Crippen LogP) is 1.46. The molecule has 0 saturated carbocycles. The normalized spacial score (nSPS) is 13.2. The second-order valence-electron chi connectivity index (χ2n) is 7.60. The number of hydrogen-bond acceptors (Lipinski definition) is 6. The molecule has 142 valence electrons. The highest BCUT2D eigenvalue weighted by atomic mass is 16.6. The van der Waals surface area contributed by atoms with Gasteiger partial charge in [0.15, 0.2) is 0 Å². The number of hydrogen-bond donors (Lipinski definition) is 3. The van der Waals surface area contributed by atoms with Crippen molar-refractivity contribution in [3.63, 3.8) is 0 Å². The number of ether oxygens (including phenoxy) is 2. The van der Waals surface area contributed by atoms with E-state index in [-0.39, 0.29) is 13.1 Å². The molecule has 0 rings (SSSR count). The molecule has 0 bridgehead atoms. The van der Waals surface area contributed by atoms with Crippen molar-refractivity contribution in [3.05, 3.63) is 0 Å². The van der Waals surface area contributed by atoms with Gasteiger partial charge >= 0.3 is 12.2 Å². The van der Waals surface area contributed by atoms with Gasteiger partial charge in [0.05, 0.1) is 12.6 Å². The largest absolute Gasteiger partial charge is 0.444 e. The Hall–Kier alpha value is -1.54. The number of alkyl carbamates (subject to hydrolysis) is 1. The fourth-order valence-electron chi connectivity index (χ4n) is 1.69. The molecule has 8 nitrogen and oxygen atoms in total. The lowest BCUT2D eigenvalue weighted by molar-refractivity contribution is 0.0152. The molecule has 0 heterocycles. The van der Waals surface area contributed by atoms with Gasteiger partial charge in [-0.1, -0.05) is 0 Å². The van der Waals surface area contributed by atoms with Gasteiger partial charge in [-0.15, -0.1) is 0 Å². The molecule has 0 aliphatic heterocycles. The number of aliphatic hydroxyl groups is 1. The minimum atomic E-state index is -0.823. The van der Waals surface area contributed by atoms with Crippen LogP contribution >= 0.6 is 0 Å². The standard InChI is InChI=1S/C16H33N3O5/c1-15(2,3)23-13(21)18-8-7-9-19(11-12(20)10-17)14(22)24-16(4,5)6/h12,20H,7-11,17H2,1-6H3,(H,18,21)/t12-/m0/s1. The van der Waals surface area contributed by atoms with E-state index in [4.69, 9.17) is 15.2 Å². The van der Waals surface area contributed by atoms with Crippen molar-refractivity contribution < 1.29 is 24.2 Å². The molecule has 0 saturated heterocycles. The molecule has 0 aromatic heterocycles. The third kappa shape index (κ3) is 12.0. The molecule has 0 aliphatic carbocycles. The number of amides is 2. The van der Waals surface area contributed by atoms with Gasteiger partial charge in [-0.05, 0) is 48.0 Å². The van der Waals surface area contributed by atoms with Crippen molar-refractivity contribution in [2.45, 2.75) is 65.3 Å². The molecule has 0 radical (unpaired) electrons. The van der Waals surface area contributed by atoms with Gasteiger partial charge in [-0.2, -0.15) is 0 Å². The Labute approximate surface area is 144 Å². The maximum absolute atomic E-state index is 12.2. The van der Waals surface area contributed by atoms with Crippen molar-refractivity contribution in [2.75, 3.05) is 26.2 Å². The lowest BCUT2D eigenvalue weighted by Crippen LogP contribution is -2.44. The minimum Gasteiger partial charge on any atom is -0.444 e. The number of nitrogens with two attached hydrogens (primary N) is 1. The highest BCUT2D eigenvalue weighted by Gasteiger charge is 2.23. The van der Waals surface area contributed by atoms with Crippen LogP contribution in [0.4, 0.5) is 9.59 Å². The molecule has 8 heteroatoms. The van der Waals surface area contributed by atoms with Gasteiger partial charge < -0.3 is 30.5 Å². The van der Waals surface area contributed by atoms with E-state index in [2.05, 4.69) is 5.32 Å². The number of rotatable bonds is 7. The van der Waals surface area contributed by atoms with Crippen LogP contribution in [0.15, 0.2) is 0 Å². The molecule has 1 atom stereocenters. The maximum Gasteiger partial charge on any atom is 0.410 e. The molecule has 24 heavy (non-hydrogen) atoms. The molecule has 0 unspecified atom stereocenters. The summed E-state index contributed by atoms with van der Waals surface area (Å²) in [7, 11) is 0.